The summed E-state index contributed by atoms with van der Waals surface area (Å²) in [6.45, 7) is 0.949. The Morgan fingerprint density at radius 2 is 2.40 bits per heavy atom. The molecule has 15 heavy (non-hydrogen) atoms. The van der Waals surface area contributed by atoms with Gasteiger partial charge in [-0.2, -0.15) is 5.26 Å². The summed E-state index contributed by atoms with van der Waals surface area (Å²) in [6.07, 6.45) is 7.00. The minimum atomic E-state index is 0.492. The normalized spacial score (nSPS) is 15.4. The standard InChI is InChI=1S/C12H15N3/c13-9-12-11(5-2-7-14-12)15-8-6-10-3-1-4-10/h2,5,7,10,15H,1,3-4,6,8H2. The van der Waals surface area contributed by atoms with E-state index in [0.29, 0.717) is 5.69 Å². The van der Waals surface area contributed by atoms with E-state index in [4.69, 9.17) is 5.26 Å². The highest BCUT2D eigenvalue weighted by atomic mass is 14.9. The molecule has 0 bridgehead atoms. The first kappa shape index (κ1) is 9.97. The number of rotatable bonds is 4. The van der Waals surface area contributed by atoms with Gasteiger partial charge in [0.25, 0.3) is 0 Å². The molecule has 0 saturated heterocycles. The fourth-order valence-corrected chi connectivity index (χ4v) is 1.83. The van der Waals surface area contributed by atoms with Crippen molar-refractivity contribution in [1.29, 1.82) is 5.26 Å². The molecule has 1 aliphatic carbocycles. The lowest BCUT2D eigenvalue weighted by Gasteiger charge is -2.25. The summed E-state index contributed by atoms with van der Waals surface area (Å²) in [7, 11) is 0. The number of aromatic nitrogens is 1. The van der Waals surface area contributed by atoms with E-state index in [1.165, 1.54) is 25.7 Å². The highest BCUT2D eigenvalue weighted by Crippen LogP contribution is 2.29. The van der Waals surface area contributed by atoms with Crippen LogP contribution < -0.4 is 5.32 Å². The summed E-state index contributed by atoms with van der Waals surface area (Å²) < 4.78 is 0. The fourth-order valence-electron chi connectivity index (χ4n) is 1.83. The molecule has 2 rings (SSSR count). The minimum Gasteiger partial charge on any atom is -0.383 e. The average molecular weight is 201 g/mol. The molecule has 1 aromatic heterocycles. The summed E-state index contributed by atoms with van der Waals surface area (Å²) in [5.74, 6) is 0.903. The Morgan fingerprint density at radius 3 is 3.07 bits per heavy atom. The highest BCUT2D eigenvalue weighted by molar-refractivity contribution is 5.53. The lowest BCUT2D eigenvalue weighted by molar-refractivity contribution is 0.303. The van der Waals surface area contributed by atoms with E-state index in [2.05, 4.69) is 16.4 Å². The molecule has 1 N–H and O–H groups in total. The molecule has 0 spiro atoms. The summed E-state index contributed by atoms with van der Waals surface area (Å²) >= 11 is 0. The van der Waals surface area contributed by atoms with Crippen molar-refractivity contribution in [3.8, 4) is 6.07 Å². The number of nitriles is 1. The Bertz CT molecular complexity index is 363. The number of nitrogens with one attached hydrogen (secondary N) is 1. The monoisotopic (exact) mass is 201 g/mol. The quantitative estimate of drug-likeness (QED) is 0.814. The van der Waals surface area contributed by atoms with E-state index in [9.17, 15) is 0 Å². The molecular weight excluding hydrogens is 186 g/mol. The van der Waals surface area contributed by atoms with Crippen molar-refractivity contribution in [3.63, 3.8) is 0 Å². The summed E-state index contributed by atoms with van der Waals surface area (Å²) in [4.78, 5) is 4.01. The smallest absolute Gasteiger partial charge is 0.163 e. The Labute approximate surface area is 90.1 Å². The van der Waals surface area contributed by atoms with Gasteiger partial charge >= 0.3 is 0 Å². The molecule has 1 saturated carbocycles. The van der Waals surface area contributed by atoms with Gasteiger partial charge in [0.1, 0.15) is 6.07 Å². The summed E-state index contributed by atoms with van der Waals surface area (Å²) in [5, 5.41) is 12.1. The van der Waals surface area contributed by atoms with Crippen LogP contribution in [0.4, 0.5) is 5.69 Å². The number of anilines is 1. The average Bonchev–Trinajstić information content (AvgIpc) is 2.22. The molecule has 0 aliphatic heterocycles. The predicted octanol–water partition coefficient (Wildman–Crippen LogP) is 2.56. The Morgan fingerprint density at radius 1 is 1.53 bits per heavy atom. The minimum absolute atomic E-state index is 0.492. The van der Waals surface area contributed by atoms with E-state index in [1.54, 1.807) is 6.20 Å². The van der Waals surface area contributed by atoms with E-state index >= 15 is 0 Å². The first-order valence-electron chi connectivity index (χ1n) is 5.49. The van der Waals surface area contributed by atoms with Crippen LogP contribution in [0.3, 0.4) is 0 Å². The lowest BCUT2D eigenvalue weighted by atomic mass is 9.83. The zero-order chi connectivity index (χ0) is 10.5. The van der Waals surface area contributed by atoms with E-state index in [-0.39, 0.29) is 0 Å². The maximum atomic E-state index is 8.83. The van der Waals surface area contributed by atoms with Crippen molar-refractivity contribution in [1.82, 2.24) is 4.98 Å². The van der Waals surface area contributed by atoms with Crippen molar-refractivity contribution < 1.29 is 0 Å². The van der Waals surface area contributed by atoms with Gasteiger partial charge in [0.15, 0.2) is 5.69 Å². The van der Waals surface area contributed by atoms with Gasteiger partial charge < -0.3 is 5.32 Å². The molecule has 1 heterocycles. The topological polar surface area (TPSA) is 48.7 Å². The highest BCUT2D eigenvalue weighted by Gasteiger charge is 2.16. The lowest BCUT2D eigenvalue weighted by Crippen LogP contribution is -2.16. The van der Waals surface area contributed by atoms with Crippen molar-refractivity contribution in [3.05, 3.63) is 24.0 Å². The third-order valence-electron chi connectivity index (χ3n) is 3.01. The largest absolute Gasteiger partial charge is 0.383 e. The summed E-state index contributed by atoms with van der Waals surface area (Å²) in [6, 6.07) is 5.85. The van der Waals surface area contributed by atoms with Crippen molar-refractivity contribution in [2.75, 3.05) is 11.9 Å². The Hall–Kier alpha value is -1.56. The predicted molar refractivity (Wildman–Crippen MR) is 59.4 cm³/mol. The van der Waals surface area contributed by atoms with Crippen molar-refractivity contribution >= 4 is 5.69 Å². The number of hydrogen-bond acceptors (Lipinski definition) is 3. The van der Waals surface area contributed by atoms with Crippen molar-refractivity contribution in [2.24, 2.45) is 5.92 Å². The third kappa shape index (κ3) is 2.47. The zero-order valence-corrected chi connectivity index (χ0v) is 8.74. The number of hydrogen-bond donors (Lipinski definition) is 1. The number of nitrogens with zero attached hydrogens (tertiary/aromatic N) is 2. The second-order valence-electron chi connectivity index (χ2n) is 4.02. The molecule has 3 nitrogen and oxygen atoms in total. The zero-order valence-electron chi connectivity index (χ0n) is 8.74. The Balaban J connectivity index is 1.84. The van der Waals surface area contributed by atoms with Gasteiger partial charge in [0, 0.05) is 12.7 Å². The molecule has 78 valence electrons. The van der Waals surface area contributed by atoms with Crippen LogP contribution in [0.1, 0.15) is 31.4 Å². The Kier molecular flexibility index (Phi) is 3.18. The van der Waals surface area contributed by atoms with Crippen LogP contribution in [0, 0.1) is 17.2 Å². The van der Waals surface area contributed by atoms with Gasteiger partial charge in [-0.05, 0) is 24.5 Å². The molecule has 0 unspecified atom stereocenters. The van der Waals surface area contributed by atoms with Crippen LogP contribution in [-0.4, -0.2) is 11.5 Å². The second kappa shape index (κ2) is 4.79. The number of pyridine rings is 1. The van der Waals surface area contributed by atoms with Gasteiger partial charge in [0.05, 0.1) is 5.69 Å². The molecule has 0 radical (unpaired) electrons. The fraction of sp³-hybridized carbons (Fsp3) is 0.500. The van der Waals surface area contributed by atoms with Gasteiger partial charge in [-0.3, -0.25) is 0 Å². The first-order chi connectivity index (χ1) is 7.40. The van der Waals surface area contributed by atoms with Crippen molar-refractivity contribution in [2.45, 2.75) is 25.7 Å². The van der Waals surface area contributed by atoms with Gasteiger partial charge in [-0.1, -0.05) is 19.3 Å². The maximum Gasteiger partial charge on any atom is 0.163 e. The summed E-state index contributed by atoms with van der Waals surface area (Å²) in [5.41, 5.74) is 1.35. The molecule has 1 aromatic rings. The molecule has 1 aliphatic rings. The van der Waals surface area contributed by atoms with Gasteiger partial charge in [-0.15, -0.1) is 0 Å². The van der Waals surface area contributed by atoms with Crippen LogP contribution in [0.2, 0.25) is 0 Å². The van der Waals surface area contributed by atoms with Crippen LogP contribution in [0.25, 0.3) is 0 Å². The van der Waals surface area contributed by atoms with Gasteiger partial charge in [0.2, 0.25) is 0 Å². The van der Waals surface area contributed by atoms with E-state index in [0.717, 1.165) is 18.2 Å². The van der Waals surface area contributed by atoms with Crippen LogP contribution in [0.15, 0.2) is 18.3 Å². The van der Waals surface area contributed by atoms with E-state index < -0.39 is 0 Å². The molecule has 3 heteroatoms. The molecule has 0 atom stereocenters. The van der Waals surface area contributed by atoms with Gasteiger partial charge in [-0.25, -0.2) is 4.98 Å². The van der Waals surface area contributed by atoms with Crippen LogP contribution >= 0.6 is 0 Å². The van der Waals surface area contributed by atoms with Crippen LogP contribution in [0.5, 0.6) is 0 Å². The van der Waals surface area contributed by atoms with Crippen LogP contribution in [-0.2, 0) is 0 Å². The van der Waals surface area contributed by atoms with E-state index in [1.807, 2.05) is 12.1 Å². The first-order valence-corrected chi connectivity index (χ1v) is 5.49. The molecule has 0 aromatic carbocycles. The molecular formula is C12H15N3. The maximum absolute atomic E-state index is 8.83. The third-order valence-corrected chi connectivity index (χ3v) is 3.01. The SMILES string of the molecule is N#Cc1ncccc1NCCC1CCC1. The molecule has 1 fully saturated rings. The second-order valence-corrected chi connectivity index (χ2v) is 4.02. The molecule has 0 amide bonds.